The second-order valence-electron chi connectivity index (χ2n) is 4.56. The number of carbonyl (C=O) groups excluding carboxylic acids is 1. The second kappa shape index (κ2) is 5.41. The number of amides is 1. The molecule has 0 aliphatic heterocycles. The predicted molar refractivity (Wildman–Crippen MR) is 66.4 cm³/mol. The molecule has 0 unspecified atom stereocenters. The zero-order chi connectivity index (χ0) is 13.8. The number of hydrogen-bond donors (Lipinski definition) is 2. The number of aromatic hydroxyl groups is 1. The van der Waals surface area contributed by atoms with Crippen LogP contribution in [0.4, 0.5) is 0 Å². The van der Waals surface area contributed by atoms with E-state index in [2.05, 4.69) is 11.4 Å². The SMILES string of the molecule is COc1ccc(C(=O)NCC(C)(C)C#N)cc1O. The highest BCUT2D eigenvalue weighted by atomic mass is 16.5. The largest absolute Gasteiger partial charge is 0.504 e. The van der Waals surface area contributed by atoms with Gasteiger partial charge in [0.1, 0.15) is 0 Å². The van der Waals surface area contributed by atoms with Gasteiger partial charge < -0.3 is 15.2 Å². The molecule has 5 nitrogen and oxygen atoms in total. The first-order chi connectivity index (χ1) is 8.39. The van der Waals surface area contributed by atoms with E-state index in [9.17, 15) is 9.90 Å². The van der Waals surface area contributed by atoms with Crippen molar-refractivity contribution in [2.24, 2.45) is 5.41 Å². The highest BCUT2D eigenvalue weighted by molar-refractivity contribution is 5.94. The molecule has 1 rings (SSSR count). The lowest BCUT2D eigenvalue weighted by atomic mass is 9.96. The van der Waals surface area contributed by atoms with E-state index in [1.807, 2.05) is 0 Å². The standard InChI is InChI=1S/C13H16N2O3/c1-13(2,7-14)8-15-12(17)9-4-5-11(18-3)10(16)6-9/h4-6,16H,8H2,1-3H3,(H,15,17). The number of methoxy groups -OCH3 is 1. The quantitative estimate of drug-likeness (QED) is 0.849. The first kappa shape index (κ1) is 13.8. The van der Waals surface area contributed by atoms with Gasteiger partial charge in [0, 0.05) is 12.1 Å². The molecule has 0 saturated heterocycles. The molecule has 1 aromatic rings. The molecule has 0 aliphatic carbocycles. The lowest BCUT2D eigenvalue weighted by Gasteiger charge is -2.16. The normalized spacial score (nSPS) is 10.6. The van der Waals surface area contributed by atoms with E-state index in [4.69, 9.17) is 10.00 Å². The van der Waals surface area contributed by atoms with Crippen LogP contribution in [0.25, 0.3) is 0 Å². The van der Waals surface area contributed by atoms with E-state index in [0.717, 1.165) is 0 Å². The van der Waals surface area contributed by atoms with E-state index >= 15 is 0 Å². The molecule has 0 atom stereocenters. The number of nitrogens with zero attached hydrogens (tertiary/aromatic N) is 1. The fourth-order valence-corrected chi connectivity index (χ4v) is 1.27. The number of rotatable bonds is 4. The summed E-state index contributed by atoms with van der Waals surface area (Å²) in [6.07, 6.45) is 0. The van der Waals surface area contributed by atoms with Crippen molar-refractivity contribution >= 4 is 5.91 Å². The second-order valence-corrected chi connectivity index (χ2v) is 4.56. The average molecular weight is 248 g/mol. The summed E-state index contributed by atoms with van der Waals surface area (Å²) in [4.78, 5) is 11.8. The molecule has 96 valence electrons. The van der Waals surface area contributed by atoms with Crippen molar-refractivity contribution in [1.82, 2.24) is 5.32 Å². The van der Waals surface area contributed by atoms with Gasteiger partial charge in [-0.15, -0.1) is 0 Å². The van der Waals surface area contributed by atoms with Gasteiger partial charge >= 0.3 is 0 Å². The maximum Gasteiger partial charge on any atom is 0.251 e. The van der Waals surface area contributed by atoms with Crippen LogP contribution >= 0.6 is 0 Å². The molecular formula is C13H16N2O3. The molecule has 2 N–H and O–H groups in total. The summed E-state index contributed by atoms with van der Waals surface area (Å²) in [5, 5.41) is 21.0. The molecular weight excluding hydrogens is 232 g/mol. The van der Waals surface area contributed by atoms with Crippen LogP contribution in [0.3, 0.4) is 0 Å². The lowest BCUT2D eigenvalue weighted by Crippen LogP contribution is -2.33. The van der Waals surface area contributed by atoms with E-state index < -0.39 is 5.41 Å². The first-order valence-corrected chi connectivity index (χ1v) is 5.46. The fourth-order valence-electron chi connectivity index (χ4n) is 1.27. The Kier molecular flexibility index (Phi) is 4.16. The van der Waals surface area contributed by atoms with Crippen LogP contribution < -0.4 is 10.1 Å². The van der Waals surface area contributed by atoms with Crippen molar-refractivity contribution in [3.63, 3.8) is 0 Å². The number of phenols is 1. The molecule has 0 radical (unpaired) electrons. The molecule has 18 heavy (non-hydrogen) atoms. The maximum atomic E-state index is 11.8. The third-order valence-electron chi connectivity index (χ3n) is 2.43. The molecule has 1 aromatic carbocycles. The number of hydrogen-bond acceptors (Lipinski definition) is 4. The number of carbonyl (C=O) groups is 1. The van der Waals surface area contributed by atoms with Crippen LogP contribution in [0.1, 0.15) is 24.2 Å². The Morgan fingerprint density at radius 1 is 1.56 bits per heavy atom. The molecule has 0 spiro atoms. The summed E-state index contributed by atoms with van der Waals surface area (Å²) in [5.74, 6) is -0.120. The smallest absolute Gasteiger partial charge is 0.251 e. The summed E-state index contributed by atoms with van der Waals surface area (Å²) in [5.41, 5.74) is -0.300. The summed E-state index contributed by atoms with van der Waals surface area (Å²) in [6, 6.07) is 6.48. The zero-order valence-electron chi connectivity index (χ0n) is 10.7. The van der Waals surface area contributed by atoms with E-state index in [0.29, 0.717) is 11.3 Å². The highest BCUT2D eigenvalue weighted by Crippen LogP contribution is 2.26. The molecule has 5 heteroatoms. The summed E-state index contributed by atoms with van der Waals surface area (Å²) < 4.78 is 4.89. The number of ether oxygens (including phenoxy) is 1. The van der Waals surface area contributed by atoms with Crippen LogP contribution in [-0.2, 0) is 0 Å². The summed E-state index contributed by atoms with van der Waals surface area (Å²) >= 11 is 0. The number of benzene rings is 1. The van der Waals surface area contributed by atoms with Crippen LogP contribution in [0.15, 0.2) is 18.2 Å². The van der Waals surface area contributed by atoms with Crippen LogP contribution in [0.5, 0.6) is 11.5 Å². The molecule has 0 aliphatic rings. The number of nitrogens with one attached hydrogen (secondary N) is 1. The number of nitriles is 1. The van der Waals surface area contributed by atoms with Crippen molar-refractivity contribution in [1.29, 1.82) is 5.26 Å². The Bertz CT molecular complexity index is 489. The van der Waals surface area contributed by atoms with Gasteiger partial charge in [-0.2, -0.15) is 5.26 Å². The van der Waals surface area contributed by atoms with Gasteiger partial charge in [0.25, 0.3) is 5.91 Å². The van der Waals surface area contributed by atoms with E-state index in [-0.39, 0.29) is 18.2 Å². The van der Waals surface area contributed by atoms with Gasteiger partial charge in [0.15, 0.2) is 11.5 Å². The van der Waals surface area contributed by atoms with Crippen molar-refractivity contribution in [2.45, 2.75) is 13.8 Å². The van der Waals surface area contributed by atoms with E-state index in [1.165, 1.54) is 19.2 Å². The topological polar surface area (TPSA) is 82.3 Å². The van der Waals surface area contributed by atoms with Crippen LogP contribution in [-0.4, -0.2) is 24.7 Å². The van der Waals surface area contributed by atoms with Gasteiger partial charge in [0.05, 0.1) is 18.6 Å². The van der Waals surface area contributed by atoms with Gasteiger partial charge in [-0.05, 0) is 32.0 Å². The molecule has 0 aromatic heterocycles. The first-order valence-electron chi connectivity index (χ1n) is 5.46. The Morgan fingerprint density at radius 2 is 2.22 bits per heavy atom. The Hall–Kier alpha value is -2.22. The Morgan fingerprint density at radius 3 is 2.72 bits per heavy atom. The van der Waals surface area contributed by atoms with Crippen molar-refractivity contribution < 1.29 is 14.6 Å². The molecule has 0 heterocycles. The van der Waals surface area contributed by atoms with Crippen LogP contribution in [0.2, 0.25) is 0 Å². The fraction of sp³-hybridized carbons (Fsp3) is 0.385. The highest BCUT2D eigenvalue weighted by Gasteiger charge is 2.18. The zero-order valence-corrected chi connectivity index (χ0v) is 10.7. The summed E-state index contributed by atoms with van der Waals surface area (Å²) in [6.45, 7) is 3.71. The molecule has 1 amide bonds. The minimum absolute atomic E-state index is 0.0929. The predicted octanol–water partition coefficient (Wildman–Crippen LogP) is 1.68. The molecule has 0 saturated carbocycles. The average Bonchev–Trinajstić information content (AvgIpc) is 2.36. The van der Waals surface area contributed by atoms with Gasteiger partial charge in [-0.3, -0.25) is 4.79 Å². The third-order valence-corrected chi connectivity index (χ3v) is 2.43. The lowest BCUT2D eigenvalue weighted by molar-refractivity contribution is 0.0943. The van der Waals surface area contributed by atoms with Gasteiger partial charge in [-0.1, -0.05) is 0 Å². The Balaban J connectivity index is 2.74. The summed E-state index contributed by atoms with van der Waals surface area (Å²) in [7, 11) is 1.43. The third kappa shape index (κ3) is 3.39. The minimum Gasteiger partial charge on any atom is -0.504 e. The van der Waals surface area contributed by atoms with Gasteiger partial charge in [0.2, 0.25) is 0 Å². The van der Waals surface area contributed by atoms with Gasteiger partial charge in [-0.25, -0.2) is 0 Å². The molecule has 0 fully saturated rings. The van der Waals surface area contributed by atoms with Crippen LogP contribution in [0, 0.1) is 16.7 Å². The minimum atomic E-state index is -0.621. The monoisotopic (exact) mass is 248 g/mol. The number of phenolic OH excluding ortho intramolecular Hbond substituents is 1. The molecule has 0 bridgehead atoms. The Labute approximate surface area is 106 Å². The van der Waals surface area contributed by atoms with Crippen molar-refractivity contribution in [3.8, 4) is 17.6 Å². The van der Waals surface area contributed by atoms with E-state index in [1.54, 1.807) is 19.9 Å². The van der Waals surface area contributed by atoms with Crippen molar-refractivity contribution in [2.75, 3.05) is 13.7 Å². The maximum absolute atomic E-state index is 11.8. The van der Waals surface area contributed by atoms with Crippen molar-refractivity contribution in [3.05, 3.63) is 23.8 Å².